The van der Waals surface area contributed by atoms with Crippen molar-refractivity contribution in [1.29, 1.82) is 0 Å². The molecule has 0 amide bonds. The maximum atomic E-state index is 12.3. The van der Waals surface area contributed by atoms with E-state index in [1.165, 1.54) is 29.1 Å². The SMILES string of the molecule is CNc1ccc(S(=O)(=O)Nc2ccnn2C)c([N+](=O)[O-])c1. The van der Waals surface area contributed by atoms with Crippen LogP contribution in [-0.2, 0) is 17.1 Å². The molecule has 112 valence electrons. The molecule has 0 unspecified atom stereocenters. The number of aryl methyl sites for hydroxylation is 1. The Morgan fingerprint density at radius 3 is 2.57 bits per heavy atom. The molecule has 0 fully saturated rings. The molecule has 2 N–H and O–H groups in total. The molecule has 1 aromatic heterocycles. The Hall–Kier alpha value is -2.62. The fourth-order valence-electron chi connectivity index (χ4n) is 1.71. The molecule has 10 heteroatoms. The van der Waals surface area contributed by atoms with Gasteiger partial charge in [0, 0.05) is 31.9 Å². The van der Waals surface area contributed by atoms with Gasteiger partial charge in [0.1, 0.15) is 5.82 Å². The maximum Gasteiger partial charge on any atom is 0.291 e. The summed E-state index contributed by atoms with van der Waals surface area (Å²) in [5.74, 6) is 0.210. The van der Waals surface area contributed by atoms with Gasteiger partial charge in [0.05, 0.1) is 11.1 Å². The lowest BCUT2D eigenvalue weighted by atomic mass is 10.3. The first-order valence-corrected chi connectivity index (χ1v) is 7.30. The maximum absolute atomic E-state index is 12.3. The average molecular weight is 311 g/mol. The Labute approximate surface area is 120 Å². The molecular formula is C11H13N5O4S. The van der Waals surface area contributed by atoms with E-state index in [2.05, 4.69) is 15.1 Å². The highest BCUT2D eigenvalue weighted by molar-refractivity contribution is 7.92. The number of benzene rings is 1. The number of nitro groups is 1. The minimum Gasteiger partial charge on any atom is -0.388 e. The van der Waals surface area contributed by atoms with Crippen LogP contribution >= 0.6 is 0 Å². The van der Waals surface area contributed by atoms with Gasteiger partial charge in [-0.05, 0) is 12.1 Å². The van der Waals surface area contributed by atoms with Gasteiger partial charge in [-0.15, -0.1) is 0 Å². The van der Waals surface area contributed by atoms with Gasteiger partial charge < -0.3 is 5.32 Å². The number of hydrogen-bond acceptors (Lipinski definition) is 6. The molecule has 2 rings (SSSR count). The topological polar surface area (TPSA) is 119 Å². The molecule has 0 spiro atoms. The molecule has 0 aliphatic carbocycles. The van der Waals surface area contributed by atoms with Crippen LogP contribution in [0.25, 0.3) is 0 Å². The summed E-state index contributed by atoms with van der Waals surface area (Å²) >= 11 is 0. The summed E-state index contributed by atoms with van der Waals surface area (Å²) in [7, 11) is -0.950. The molecule has 0 bridgehead atoms. The molecule has 0 radical (unpaired) electrons. The Kier molecular flexibility index (Phi) is 3.80. The van der Waals surface area contributed by atoms with Crippen molar-refractivity contribution in [3.8, 4) is 0 Å². The number of sulfonamides is 1. The highest BCUT2D eigenvalue weighted by atomic mass is 32.2. The Bertz CT molecular complexity index is 784. The summed E-state index contributed by atoms with van der Waals surface area (Å²) in [5, 5.41) is 17.6. The number of aromatic nitrogens is 2. The summed E-state index contributed by atoms with van der Waals surface area (Å²) in [6.45, 7) is 0. The van der Waals surface area contributed by atoms with Gasteiger partial charge in [0.25, 0.3) is 15.7 Å². The summed E-state index contributed by atoms with van der Waals surface area (Å²) in [5.41, 5.74) is -0.0577. The molecule has 1 aromatic carbocycles. The number of nitrogens with zero attached hydrogens (tertiary/aromatic N) is 3. The van der Waals surface area contributed by atoms with Crippen LogP contribution in [0.15, 0.2) is 35.4 Å². The molecule has 1 heterocycles. The van der Waals surface area contributed by atoms with Crippen molar-refractivity contribution in [2.24, 2.45) is 7.05 Å². The van der Waals surface area contributed by atoms with Gasteiger partial charge in [0.2, 0.25) is 0 Å². The molecule has 2 aromatic rings. The van der Waals surface area contributed by atoms with Crippen molar-refractivity contribution >= 4 is 27.2 Å². The van der Waals surface area contributed by atoms with Gasteiger partial charge in [-0.2, -0.15) is 5.10 Å². The second-order valence-electron chi connectivity index (χ2n) is 4.14. The molecule has 0 saturated heterocycles. The van der Waals surface area contributed by atoms with Gasteiger partial charge in [-0.25, -0.2) is 8.42 Å². The van der Waals surface area contributed by atoms with E-state index in [1.807, 2.05) is 0 Å². The van der Waals surface area contributed by atoms with Crippen molar-refractivity contribution in [2.75, 3.05) is 17.1 Å². The van der Waals surface area contributed by atoms with Crippen LogP contribution in [0.4, 0.5) is 17.2 Å². The molecule has 0 aliphatic rings. The van der Waals surface area contributed by atoms with Crippen molar-refractivity contribution in [2.45, 2.75) is 4.90 Å². The quantitative estimate of drug-likeness (QED) is 0.632. The van der Waals surface area contributed by atoms with E-state index in [0.29, 0.717) is 5.69 Å². The highest BCUT2D eigenvalue weighted by Gasteiger charge is 2.26. The van der Waals surface area contributed by atoms with Crippen molar-refractivity contribution in [3.63, 3.8) is 0 Å². The number of anilines is 2. The summed E-state index contributed by atoms with van der Waals surface area (Å²) in [6.07, 6.45) is 1.41. The number of rotatable bonds is 5. The van der Waals surface area contributed by atoms with Crippen molar-refractivity contribution in [1.82, 2.24) is 9.78 Å². The first-order chi connectivity index (χ1) is 9.85. The van der Waals surface area contributed by atoms with Crippen LogP contribution in [-0.4, -0.2) is 30.2 Å². The molecule has 21 heavy (non-hydrogen) atoms. The van der Waals surface area contributed by atoms with Crippen LogP contribution in [0.5, 0.6) is 0 Å². The van der Waals surface area contributed by atoms with E-state index in [1.54, 1.807) is 14.1 Å². The van der Waals surface area contributed by atoms with Gasteiger partial charge in [-0.1, -0.05) is 0 Å². The van der Waals surface area contributed by atoms with E-state index >= 15 is 0 Å². The summed E-state index contributed by atoms with van der Waals surface area (Å²) in [4.78, 5) is 9.93. The average Bonchev–Trinajstić information content (AvgIpc) is 2.82. The predicted molar refractivity (Wildman–Crippen MR) is 76.7 cm³/mol. The molecule has 0 saturated carbocycles. The lowest BCUT2D eigenvalue weighted by Gasteiger charge is -2.09. The lowest BCUT2D eigenvalue weighted by Crippen LogP contribution is -2.17. The first kappa shape index (κ1) is 14.8. The van der Waals surface area contributed by atoms with Crippen molar-refractivity contribution < 1.29 is 13.3 Å². The molecule has 9 nitrogen and oxygen atoms in total. The third-order valence-corrected chi connectivity index (χ3v) is 4.20. The summed E-state index contributed by atoms with van der Waals surface area (Å²) in [6, 6.07) is 5.25. The fourth-order valence-corrected chi connectivity index (χ4v) is 2.95. The van der Waals surface area contributed by atoms with Crippen LogP contribution in [0.3, 0.4) is 0 Å². The van der Waals surface area contributed by atoms with Crippen LogP contribution < -0.4 is 10.0 Å². The molecule has 0 aliphatic heterocycles. The van der Waals surface area contributed by atoms with Crippen LogP contribution in [0.2, 0.25) is 0 Å². The van der Waals surface area contributed by atoms with E-state index in [4.69, 9.17) is 0 Å². The number of nitro benzene ring substituents is 1. The first-order valence-electron chi connectivity index (χ1n) is 5.82. The predicted octanol–water partition coefficient (Wildman–Crippen LogP) is 1.17. The van der Waals surface area contributed by atoms with Gasteiger partial charge >= 0.3 is 0 Å². The lowest BCUT2D eigenvalue weighted by molar-refractivity contribution is -0.387. The Morgan fingerprint density at radius 2 is 2.05 bits per heavy atom. The van der Waals surface area contributed by atoms with E-state index in [9.17, 15) is 18.5 Å². The van der Waals surface area contributed by atoms with Crippen molar-refractivity contribution in [3.05, 3.63) is 40.6 Å². The van der Waals surface area contributed by atoms with E-state index in [0.717, 1.165) is 6.07 Å². The zero-order valence-electron chi connectivity index (χ0n) is 11.3. The minimum atomic E-state index is -4.09. The van der Waals surface area contributed by atoms with Crippen LogP contribution in [0.1, 0.15) is 0 Å². The normalized spacial score (nSPS) is 11.1. The van der Waals surface area contributed by atoms with E-state index in [-0.39, 0.29) is 5.82 Å². The van der Waals surface area contributed by atoms with Crippen LogP contribution in [0, 0.1) is 10.1 Å². The number of nitrogens with one attached hydrogen (secondary N) is 2. The molecular weight excluding hydrogens is 298 g/mol. The smallest absolute Gasteiger partial charge is 0.291 e. The second-order valence-corrected chi connectivity index (χ2v) is 5.79. The summed E-state index contributed by atoms with van der Waals surface area (Å²) < 4.78 is 28.2. The number of hydrogen-bond donors (Lipinski definition) is 2. The third kappa shape index (κ3) is 2.94. The standard InChI is InChI=1S/C11H13N5O4S/c1-12-8-3-4-10(9(7-8)16(17)18)21(19,20)14-11-5-6-13-15(11)2/h3-7,12,14H,1-2H3. The second kappa shape index (κ2) is 5.40. The zero-order chi connectivity index (χ0) is 15.6. The zero-order valence-corrected chi connectivity index (χ0v) is 12.1. The highest BCUT2D eigenvalue weighted by Crippen LogP contribution is 2.28. The minimum absolute atomic E-state index is 0.210. The Morgan fingerprint density at radius 1 is 1.33 bits per heavy atom. The van der Waals surface area contributed by atoms with Gasteiger partial charge in [-0.3, -0.25) is 19.5 Å². The monoisotopic (exact) mass is 311 g/mol. The molecule has 0 atom stereocenters. The van der Waals surface area contributed by atoms with Gasteiger partial charge in [0.15, 0.2) is 4.90 Å². The third-order valence-electron chi connectivity index (χ3n) is 2.79. The van der Waals surface area contributed by atoms with E-state index < -0.39 is 25.5 Å². The Balaban J connectivity index is 2.49. The fraction of sp³-hybridized carbons (Fsp3) is 0.182. The largest absolute Gasteiger partial charge is 0.388 e.